The first kappa shape index (κ1) is 20.2. The molecule has 0 aliphatic carbocycles. The molecular formula is C25H23N3O3. The van der Waals surface area contributed by atoms with E-state index in [1.807, 2.05) is 73.7 Å². The maximum Gasteiger partial charge on any atom is 0.430 e. The highest BCUT2D eigenvalue weighted by molar-refractivity contribution is 5.77. The van der Waals surface area contributed by atoms with Crippen LogP contribution in [0, 0.1) is 6.92 Å². The molecule has 0 saturated carbocycles. The zero-order valence-corrected chi connectivity index (χ0v) is 17.4. The van der Waals surface area contributed by atoms with Crippen LogP contribution in [0.15, 0.2) is 78.9 Å². The standard InChI is InChI=1S/C25H23N3O3/c1-17-8-6-7-11-21(17)23-22(16-18-9-4-3-5-10-18)24(28(27-23)31-25(26)29)19-12-14-20(30-2)15-13-19/h3-15H,16H2,1-2H3,(H2,26,29). The topological polar surface area (TPSA) is 79.4 Å². The van der Waals surface area contributed by atoms with Gasteiger partial charge in [-0.3, -0.25) is 4.84 Å². The molecule has 1 aromatic heterocycles. The molecule has 31 heavy (non-hydrogen) atoms. The zero-order chi connectivity index (χ0) is 21.8. The number of ether oxygens (including phenoxy) is 1. The van der Waals surface area contributed by atoms with Crippen molar-refractivity contribution in [2.45, 2.75) is 13.3 Å². The smallest absolute Gasteiger partial charge is 0.430 e. The van der Waals surface area contributed by atoms with Crippen molar-refractivity contribution in [1.29, 1.82) is 0 Å². The zero-order valence-electron chi connectivity index (χ0n) is 17.4. The molecule has 0 saturated heterocycles. The van der Waals surface area contributed by atoms with Crippen LogP contribution in [-0.4, -0.2) is 23.1 Å². The number of nitrogens with two attached hydrogens (primary N) is 1. The number of hydrogen-bond acceptors (Lipinski definition) is 4. The highest BCUT2D eigenvalue weighted by Crippen LogP contribution is 2.35. The van der Waals surface area contributed by atoms with E-state index in [9.17, 15) is 4.79 Å². The second kappa shape index (κ2) is 8.75. The molecular weight excluding hydrogens is 390 g/mol. The number of hydrogen-bond donors (Lipinski definition) is 1. The molecule has 6 heteroatoms. The first-order chi connectivity index (χ1) is 15.1. The van der Waals surface area contributed by atoms with Crippen molar-refractivity contribution in [3.05, 3.63) is 95.6 Å². The normalized spacial score (nSPS) is 10.6. The van der Waals surface area contributed by atoms with Gasteiger partial charge < -0.3 is 10.5 Å². The fourth-order valence-electron chi connectivity index (χ4n) is 3.64. The Morgan fingerprint density at radius 3 is 2.29 bits per heavy atom. The Kier molecular flexibility index (Phi) is 5.71. The molecule has 1 amide bonds. The lowest BCUT2D eigenvalue weighted by molar-refractivity contribution is 0.128. The Morgan fingerprint density at radius 1 is 0.968 bits per heavy atom. The summed E-state index contributed by atoms with van der Waals surface area (Å²) in [5.74, 6) is 0.731. The van der Waals surface area contributed by atoms with Crippen LogP contribution in [0.2, 0.25) is 0 Å². The molecule has 0 aliphatic heterocycles. The van der Waals surface area contributed by atoms with Gasteiger partial charge >= 0.3 is 6.09 Å². The molecule has 0 spiro atoms. The van der Waals surface area contributed by atoms with Crippen molar-refractivity contribution < 1.29 is 14.4 Å². The number of aryl methyl sites for hydroxylation is 1. The maximum atomic E-state index is 11.7. The van der Waals surface area contributed by atoms with Crippen molar-refractivity contribution in [2.75, 3.05) is 7.11 Å². The fraction of sp³-hybridized carbons (Fsp3) is 0.120. The molecule has 0 bridgehead atoms. The molecule has 0 unspecified atom stereocenters. The Balaban J connectivity index is 1.97. The minimum absolute atomic E-state index is 0.605. The lowest BCUT2D eigenvalue weighted by Gasteiger charge is -2.10. The van der Waals surface area contributed by atoms with Crippen LogP contribution in [0.1, 0.15) is 16.7 Å². The van der Waals surface area contributed by atoms with E-state index >= 15 is 0 Å². The van der Waals surface area contributed by atoms with Gasteiger partial charge in [-0.2, -0.15) is 0 Å². The highest BCUT2D eigenvalue weighted by atomic mass is 16.7. The summed E-state index contributed by atoms with van der Waals surface area (Å²) in [6, 6.07) is 25.6. The number of rotatable bonds is 6. The first-order valence-corrected chi connectivity index (χ1v) is 9.91. The average molecular weight is 413 g/mol. The summed E-state index contributed by atoms with van der Waals surface area (Å²) in [6.07, 6.45) is -0.326. The number of carbonyl (C=O) groups excluding carboxylic acids is 1. The third-order valence-corrected chi connectivity index (χ3v) is 5.12. The van der Waals surface area contributed by atoms with Crippen molar-refractivity contribution in [3.63, 3.8) is 0 Å². The Hall–Kier alpha value is -4.06. The van der Waals surface area contributed by atoms with Crippen LogP contribution in [0.4, 0.5) is 4.79 Å². The van der Waals surface area contributed by atoms with E-state index in [1.54, 1.807) is 7.11 Å². The van der Waals surface area contributed by atoms with E-state index in [0.29, 0.717) is 12.1 Å². The van der Waals surface area contributed by atoms with Gasteiger partial charge in [0.25, 0.3) is 0 Å². The number of methoxy groups -OCH3 is 1. The second-order valence-electron chi connectivity index (χ2n) is 7.16. The molecule has 3 aromatic carbocycles. The predicted molar refractivity (Wildman–Crippen MR) is 120 cm³/mol. The average Bonchev–Trinajstić information content (AvgIpc) is 3.11. The molecule has 0 fully saturated rings. The first-order valence-electron chi connectivity index (χ1n) is 9.91. The van der Waals surface area contributed by atoms with Crippen LogP contribution in [0.25, 0.3) is 22.5 Å². The van der Waals surface area contributed by atoms with Crippen molar-refractivity contribution >= 4 is 6.09 Å². The fourth-order valence-corrected chi connectivity index (χ4v) is 3.64. The molecule has 6 nitrogen and oxygen atoms in total. The van der Waals surface area contributed by atoms with Crippen LogP contribution in [0.5, 0.6) is 5.75 Å². The van der Waals surface area contributed by atoms with Crippen molar-refractivity contribution in [2.24, 2.45) is 5.73 Å². The van der Waals surface area contributed by atoms with Gasteiger partial charge in [-0.1, -0.05) is 59.4 Å². The molecule has 2 N–H and O–H groups in total. The number of aromatic nitrogens is 2. The Morgan fingerprint density at radius 2 is 1.65 bits per heavy atom. The van der Waals surface area contributed by atoms with Gasteiger partial charge in [-0.15, -0.1) is 5.10 Å². The van der Waals surface area contributed by atoms with Gasteiger partial charge in [0.2, 0.25) is 0 Å². The molecule has 4 rings (SSSR count). The molecule has 156 valence electrons. The second-order valence-corrected chi connectivity index (χ2v) is 7.16. The summed E-state index contributed by atoms with van der Waals surface area (Å²) in [5, 5.41) is 4.66. The van der Waals surface area contributed by atoms with E-state index in [2.05, 4.69) is 17.2 Å². The van der Waals surface area contributed by atoms with Crippen LogP contribution in [-0.2, 0) is 6.42 Å². The van der Waals surface area contributed by atoms with Gasteiger partial charge in [0, 0.05) is 23.1 Å². The van der Waals surface area contributed by atoms with Gasteiger partial charge in [-0.25, -0.2) is 4.79 Å². The summed E-state index contributed by atoms with van der Waals surface area (Å²) in [4.78, 5) is 18.2. The SMILES string of the molecule is COc1ccc(-c2c(Cc3ccccc3)c(-c3ccccc3C)nn2OC(N)=O)cc1. The van der Waals surface area contributed by atoms with E-state index in [1.165, 1.54) is 4.85 Å². The van der Waals surface area contributed by atoms with Crippen molar-refractivity contribution in [3.8, 4) is 28.3 Å². The summed E-state index contributed by atoms with van der Waals surface area (Å²) >= 11 is 0. The third-order valence-electron chi connectivity index (χ3n) is 5.12. The van der Waals surface area contributed by atoms with E-state index in [0.717, 1.165) is 39.3 Å². The summed E-state index contributed by atoms with van der Waals surface area (Å²) < 4.78 is 5.29. The van der Waals surface area contributed by atoms with E-state index in [4.69, 9.17) is 15.3 Å². The Labute approximate surface area is 180 Å². The quantitative estimate of drug-likeness (QED) is 0.500. The number of amides is 1. The maximum absolute atomic E-state index is 11.7. The Bertz CT molecular complexity index is 1200. The minimum atomic E-state index is -0.931. The monoisotopic (exact) mass is 413 g/mol. The van der Waals surface area contributed by atoms with Crippen LogP contribution >= 0.6 is 0 Å². The van der Waals surface area contributed by atoms with Crippen molar-refractivity contribution in [1.82, 2.24) is 9.94 Å². The summed E-state index contributed by atoms with van der Waals surface area (Å²) in [6.45, 7) is 2.03. The summed E-state index contributed by atoms with van der Waals surface area (Å²) in [7, 11) is 1.62. The van der Waals surface area contributed by atoms with Crippen LogP contribution < -0.4 is 15.3 Å². The largest absolute Gasteiger partial charge is 0.497 e. The molecule has 4 aromatic rings. The number of nitrogens with zero attached hydrogens (tertiary/aromatic N) is 2. The number of primary amides is 1. The molecule has 0 atom stereocenters. The molecule has 0 radical (unpaired) electrons. The summed E-state index contributed by atoms with van der Waals surface area (Å²) in [5.41, 5.74) is 11.7. The number of carbonyl (C=O) groups is 1. The molecule has 0 aliphatic rings. The lowest BCUT2D eigenvalue weighted by Crippen LogP contribution is -2.27. The van der Waals surface area contributed by atoms with E-state index < -0.39 is 6.09 Å². The third kappa shape index (κ3) is 4.28. The van der Waals surface area contributed by atoms with Gasteiger partial charge in [0.15, 0.2) is 0 Å². The van der Waals surface area contributed by atoms with E-state index in [-0.39, 0.29) is 0 Å². The van der Waals surface area contributed by atoms with Gasteiger partial charge in [-0.05, 0) is 42.3 Å². The number of benzene rings is 3. The predicted octanol–water partition coefficient (Wildman–Crippen LogP) is 4.63. The highest BCUT2D eigenvalue weighted by Gasteiger charge is 2.24. The van der Waals surface area contributed by atoms with Crippen LogP contribution in [0.3, 0.4) is 0 Å². The lowest BCUT2D eigenvalue weighted by atomic mass is 9.94. The minimum Gasteiger partial charge on any atom is -0.497 e. The van der Waals surface area contributed by atoms with Gasteiger partial charge in [0.05, 0.1) is 7.11 Å². The van der Waals surface area contributed by atoms with Gasteiger partial charge in [0.1, 0.15) is 17.1 Å². The molecule has 1 heterocycles.